The molecule has 1 fully saturated rings. The Labute approximate surface area is 147 Å². The maximum atomic E-state index is 12.7. The zero-order chi connectivity index (χ0) is 18.9. The zero-order valence-electron chi connectivity index (χ0n) is 13.9. The molecule has 2 heterocycles. The van der Waals surface area contributed by atoms with Crippen LogP contribution in [0.5, 0.6) is 5.75 Å². The summed E-state index contributed by atoms with van der Waals surface area (Å²) >= 11 is 0. The molecule has 1 aromatic carbocycles. The van der Waals surface area contributed by atoms with Crippen LogP contribution in [0.25, 0.3) is 11.3 Å². The SMILES string of the molecule is CN1CCOC(C(O)c2ccc(-c3ccc(C(F)(F)F)cc3O)nn2)C1. The molecule has 2 aromatic rings. The maximum Gasteiger partial charge on any atom is 0.416 e. The van der Waals surface area contributed by atoms with E-state index in [9.17, 15) is 23.4 Å². The number of ether oxygens (including phenoxy) is 1. The van der Waals surface area contributed by atoms with E-state index in [2.05, 4.69) is 10.2 Å². The van der Waals surface area contributed by atoms with Gasteiger partial charge in [0, 0.05) is 18.7 Å². The van der Waals surface area contributed by atoms with Crippen molar-refractivity contribution in [3.8, 4) is 17.0 Å². The lowest BCUT2D eigenvalue weighted by atomic mass is 10.1. The quantitative estimate of drug-likeness (QED) is 0.864. The van der Waals surface area contributed by atoms with Crippen molar-refractivity contribution in [1.29, 1.82) is 0 Å². The molecule has 140 valence electrons. The van der Waals surface area contributed by atoms with Gasteiger partial charge in [0.2, 0.25) is 0 Å². The van der Waals surface area contributed by atoms with Crippen LogP contribution < -0.4 is 0 Å². The van der Waals surface area contributed by atoms with Gasteiger partial charge in [0.05, 0.1) is 23.6 Å². The normalized spacial score (nSPS) is 20.1. The van der Waals surface area contributed by atoms with Gasteiger partial charge in [-0.05, 0) is 37.4 Å². The van der Waals surface area contributed by atoms with Gasteiger partial charge in [-0.15, -0.1) is 0 Å². The first kappa shape index (κ1) is 18.6. The van der Waals surface area contributed by atoms with Gasteiger partial charge in [0.15, 0.2) is 0 Å². The monoisotopic (exact) mass is 369 g/mol. The number of phenols is 1. The van der Waals surface area contributed by atoms with E-state index in [4.69, 9.17) is 4.74 Å². The minimum atomic E-state index is -4.54. The summed E-state index contributed by atoms with van der Waals surface area (Å²) in [5.74, 6) is -0.542. The van der Waals surface area contributed by atoms with E-state index < -0.39 is 29.7 Å². The Morgan fingerprint density at radius 1 is 1.23 bits per heavy atom. The summed E-state index contributed by atoms with van der Waals surface area (Å²) in [6, 6.07) is 5.65. The van der Waals surface area contributed by atoms with Crippen molar-refractivity contribution in [3.63, 3.8) is 0 Å². The molecule has 0 bridgehead atoms. The molecule has 1 aliphatic rings. The zero-order valence-corrected chi connectivity index (χ0v) is 13.9. The molecule has 0 saturated carbocycles. The van der Waals surface area contributed by atoms with Crippen LogP contribution >= 0.6 is 0 Å². The Bertz CT molecular complexity index is 768. The molecule has 6 nitrogen and oxygen atoms in total. The fraction of sp³-hybridized carbons (Fsp3) is 0.412. The Morgan fingerprint density at radius 2 is 2.00 bits per heavy atom. The number of hydrogen-bond acceptors (Lipinski definition) is 6. The number of alkyl halides is 3. The summed E-state index contributed by atoms with van der Waals surface area (Å²) < 4.78 is 43.5. The van der Waals surface area contributed by atoms with E-state index in [0.717, 1.165) is 18.7 Å². The number of aromatic nitrogens is 2. The molecule has 0 spiro atoms. The minimum absolute atomic E-state index is 0.125. The van der Waals surface area contributed by atoms with Crippen LogP contribution in [0.4, 0.5) is 13.2 Å². The lowest BCUT2D eigenvalue weighted by Gasteiger charge is -2.32. The predicted octanol–water partition coefficient (Wildman–Crippen LogP) is 2.23. The summed E-state index contributed by atoms with van der Waals surface area (Å²) in [7, 11) is 1.92. The van der Waals surface area contributed by atoms with E-state index in [1.807, 2.05) is 11.9 Å². The molecular weight excluding hydrogens is 351 g/mol. The highest BCUT2D eigenvalue weighted by atomic mass is 19.4. The average molecular weight is 369 g/mol. The molecule has 0 radical (unpaired) electrons. The van der Waals surface area contributed by atoms with Crippen LogP contribution in [0.3, 0.4) is 0 Å². The highest BCUT2D eigenvalue weighted by molar-refractivity contribution is 5.67. The van der Waals surface area contributed by atoms with Crippen LogP contribution in [0, 0.1) is 0 Å². The van der Waals surface area contributed by atoms with Crippen molar-refractivity contribution in [2.75, 3.05) is 26.7 Å². The molecule has 1 saturated heterocycles. The van der Waals surface area contributed by atoms with Crippen LogP contribution in [0.1, 0.15) is 17.4 Å². The second-order valence-corrected chi connectivity index (χ2v) is 6.19. The number of aliphatic hydroxyl groups excluding tert-OH is 1. The second-order valence-electron chi connectivity index (χ2n) is 6.19. The largest absolute Gasteiger partial charge is 0.507 e. The third-order valence-electron chi connectivity index (χ3n) is 4.24. The van der Waals surface area contributed by atoms with Gasteiger partial charge in [-0.25, -0.2) is 0 Å². The Kier molecular flexibility index (Phi) is 5.12. The number of benzene rings is 1. The van der Waals surface area contributed by atoms with E-state index in [-0.39, 0.29) is 11.3 Å². The summed E-state index contributed by atoms with van der Waals surface area (Å²) in [4.78, 5) is 2.03. The van der Waals surface area contributed by atoms with Gasteiger partial charge >= 0.3 is 6.18 Å². The number of halogens is 3. The molecule has 9 heteroatoms. The number of phenolic OH excluding ortho intramolecular Hbond substituents is 1. The highest BCUT2D eigenvalue weighted by Gasteiger charge is 2.31. The van der Waals surface area contributed by atoms with Gasteiger partial charge in [0.25, 0.3) is 0 Å². The number of nitrogens with zero attached hydrogens (tertiary/aromatic N) is 3. The number of likely N-dealkylation sites (N-methyl/N-ethyl adjacent to an activating group) is 1. The van der Waals surface area contributed by atoms with E-state index >= 15 is 0 Å². The van der Waals surface area contributed by atoms with Crippen molar-refractivity contribution in [2.45, 2.75) is 18.4 Å². The number of aliphatic hydroxyl groups is 1. The van der Waals surface area contributed by atoms with Crippen molar-refractivity contribution < 1.29 is 28.1 Å². The molecule has 0 aliphatic carbocycles. The van der Waals surface area contributed by atoms with E-state index in [0.29, 0.717) is 24.9 Å². The summed E-state index contributed by atoms with van der Waals surface area (Å²) in [6.07, 6.45) is -5.95. The maximum absolute atomic E-state index is 12.7. The molecule has 26 heavy (non-hydrogen) atoms. The summed E-state index contributed by atoms with van der Waals surface area (Å²) in [5.41, 5.74) is -0.327. The van der Waals surface area contributed by atoms with Gasteiger partial charge in [-0.3, -0.25) is 0 Å². The fourth-order valence-corrected chi connectivity index (χ4v) is 2.76. The van der Waals surface area contributed by atoms with Crippen molar-refractivity contribution in [1.82, 2.24) is 15.1 Å². The fourth-order valence-electron chi connectivity index (χ4n) is 2.76. The van der Waals surface area contributed by atoms with Crippen molar-refractivity contribution >= 4 is 0 Å². The molecule has 1 aliphatic heterocycles. The lowest BCUT2D eigenvalue weighted by Crippen LogP contribution is -2.43. The van der Waals surface area contributed by atoms with Crippen LogP contribution in [0.2, 0.25) is 0 Å². The molecule has 0 amide bonds. The molecule has 2 unspecified atom stereocenters. The minimum Gasteiger partial charge on any atom is -0.507 e. The first-order chi connectivity index (χ1) is 12.3. The number of morpholine rings is 1. The van der Waals surface area contributed by atoms with E-state index in [1.54, 1.807) is 0 Å². The Hall–Kier alpha value is -2.23. The van der Waals surface area contributed by atoms with Gasteiger partial charge < -0.3 is 19.8 Å². The summed E-state index contributed by atoms with van der Waals surface area (Å²) in [6.45, 7) is 1.83. The summed E-state index contributed by atoms with van der Waals surface area (Å²) in [5, 5.41) is 28.1. The molecule has 2 N–H and O–H groups in total. The molecule has 1 aromatic heterocycles. The number of aromatic hydroxyl groups is 1. The molecule has 3 rings (SSSR count). The molecular formula is C17H18F3N3O3. The Morgan fingerprint density at radius 3 is 2.58 bits per heavy atom. The van der Waals surface area contributed by atoms with Gasteiger partial charge in [-0.2, -0.15) is 23.4 Å². The standard InChI is InChI=1S/C17H18F3N3O3/c1-23-6-7-26-15(9-23)16(25)13-5-4-12(21-22-13)11-3-2-10(8-14(11)24)17(18,19)20/h2-5,8,15-16,24-25H,6-7,9H2,1H3. The first-order valence-electron chi connectivity index (χ1n) is 7.98. The average Bonchev–Trinajstić information content (AvgIpc) is 2.60. The van der Waals surface area contributed by atoms with Crippen LogP contribution in [-0.4, -0.2) is 58.2 Å². The number of rotatable bonds is 3. The first-order valence-corrected chi connectivity index (χ1v) is 7.98. The van der Waals surface area contributed by atoms with Crippen LogP contribution in [-0.2, 0) is 10.9 Å². The van der Waals surface area contributed by atoms with Crippen molar-refractivity contribution in [3.05, 3.63) is 41.6 Å². The Balaban J connectivity index is 1.79. The topological polar surface area (TPSA) is 78.7 Å². The third kappa shape index (κ3) is 3.95. The van der Waals surface area contributed by atoms with Gasteiger partial charge in [-0.1, -0.05) is 0 Å². The number of hydrogen-bond donors (Lipinski definition) is 2. The highest BCUT2D eigenvalue weighted by Crippen LogP contribution is 2.35. The second kappa shape index (κ2) is 7.18. The van der Waals surface area contributed by atoms with Crippen molar-refractivity contribution in [2.24, 2.45) is 0 Å². The van der Waals surface area contributed by atoms with E-state index in [1.165, 1.54) is 12.1 Å². The lowest BCUT2D eigenvalue weighted by molar-refractivity contribution is -0.137. The molecule has 2 atom stereocenters. The smallest absolute Gasteiger partial charge is 0.416 e. The van der Waals surface area contributed by atoms with Crippen LogP contribution in [0.15, 0.2) is 30.3 Å². The third-order valence-corrected chi connectivity index (χ3v) is 4.24. The van der Waals surface area contributed by atoms with Gasteiger partial charge in [0.1, 0.15) is 18.0 Å². The predicted molar refractivity (Wildman–Crippen MR) is 86.3 cm³/mol.